The van der Waals surface area contributed by atoms with Crippen molar-refractivity contribution < 1.29 is 17.6 Å². The number of rotatable bonds is 10. The first-order chi connectivity index (χ1) is 12.5. The van der Waals surface area contributed by atoms with Gasteiger partial charge in [-0.3, -0.25) is 4.79 Å². The molecular formula is C18H22N2O4S2. The van der Waals surface area contributed by atoms with Gasteiger partial charge in [-0.25, -0.2) is 8.42 Å². The summed E-state index contributed by atoms with van der Waals surface area (Å²) in [4.78, 5) is 11.9. The highest BCUT2D eigenvalue weighted by Gasteiger charge is 2.17. The van der Waals surface area contributed by atoms with E-state index in [-0.39, 0.29) is 12.5 Å². The molecule has 0 saturated heterocycles. The molecule has 1 heterocycles. The molecule has 26 heavy (non-hydrogen) atoms. The fraction of sp³-hybridized carbons (Fsp3) is 0.278. The zero-order chi connectivity index (χ0) is 18.8. The molecule has 0 aliphatic carbocycles. The van der Waals surface area contributed by atoms with E-state index in [4.69, 9.17) is 4.42 Å². The lowest BCUT2D eigenvalue weighted by atomic mass is 10.2. The Bertz CT molecular complexity index is 803. The number of amides is 1. The predicted octanol–water partition coefficient (Wildman–Crippen LogP) is 2.56. The maximum atomic E-state index is 12.2. The summed E-state index contributed by atoms with van der Waals surface area (Å²) in [5, 5.41) is 3.82. The van der Waals surface area contributed by atoms with E-state index in [0.717, 1.165) is 32.5 Å². The van der Waals surface area contributed by atoms with E-state index < -0.39 is 10.0 Å². The van der Waals surface area contributed by atoms with Gasteiger partial charge in [-0.2, -0.15) is 16.1 Å². The zero-order valence-corrected chi connectivity index (χ0v) is 16.1. The molecule has 0 bridgehead atoms. The Labute approximate surface area is 158 Å². The summed E-state index contributed by atoms with van der Waals surface area (Å²) >= 11 is 1.63. The second-order valence-corrected chi connectivity index (χ2v) is 8.53. The van der Waals surface area contributed by atoms with Crippen LogP contribution in [0, 0.1) is 0 Å². The van der Waals surface area contributed by atoms with Crippen LogP contribution in [0.4, 0.5) is 0 Å². The van der Waals surface area contributed by atoms with Crippen LogP contribution in [0.3, 0.4) is 0 Å². The van der Waals surface area contributed by atoms with Crippen LogP contribution >= 0.6 is 11.8 Å². The molecule has 1 aromatic heterocycles. The highest BCUT2D eigenvalue weighted by Crippen LogP contribution is 2.11. The number of furan rings is 1. The van der Waals surface area contributed by atoms with E-state index in [1.807, 2.05) is 30.3 Å². The molecule has 0 aliphatic rings. The number of likely N-dealkylation sites (N-methyl/N-ethyl adjacent to an activating group) is 1. The van der Waals surface area contributed by atoms with Gasteiger partial charge in [0.25, 0.3) is 0 Å². The summed E-state index contributed by atoms with van der Waals surface area (Å²) < 4.78 is 30.6. The van der Waals surface area contributed by atoms with Gasteiger partial charge in [-0.15, -0.1) is 0 Å². The summed E-state index contributed by atoms with van der Waals surface area (Å²) in [6.07, 6.45) is 3.13. The van der Waals surface area contributed by atoms with E-state index in [1.165, 1.54) is 13.1 Å². The van der Waals surface area contributed by atoms with Crippen molar-refractivity contribution in [1.82, 2.24) is 9.62 Å². The van der Waals surface area contributed by atoms with Crippen molar-refractivity contribution >= 4 is 33.8 Å². The SMILES string of the molecule is CN(CC(=O)NCCSCc1ccco1)S(=O)(=O)C=Cc1ccccc1. The van der Waals surface area contributed by atoms with Gasteiger partial charge in [0.1, 0.15) is 5.76 Å². The smallest absolute Gasteiger partial charge is 0.236 e. The minimum Gasteiger partial charge on any atom is -0.468 e. The second-order valence-electron chi connectivity index (χ2n) is 5.50. The van der Waals surface area contributed by atoms with Gasteiger partial charge in [-0.1, -0.05) is 30.3 Å². The summed E-state index contributed by atoms with van der Waals surface area (Å²) in [7, 11) is -2.26. The lowest BCUT2D eigenvalue weighted by Crippen LogP contribution is -2.38. The number of sulfonamides is 1. The molecular weight excluding hydrogens is 372 g/mol. The van der Waals surface area contributed by atoms with Crippen LogP contribution in [0.2, 0.25) is 0 Å². The molecule has 0 fully saturated rings. The molecule has 6 nitrogen and oxygen atoms in total. The van der Waals surface area contributed by atoms with Crippen LogP contribution < -0.4 is 5.32 Å². The minimum absolute atomic E-state index is 0.218. The summed E-state index contributed by atoms with van der Waals surface area (Å²) in [5.74, 6) is 2.01. The van der Waals surface area contributed by atoms with Crippen LogP contribution in [0.5, 0.6) is 0 Å². The Morgan fingerprint density at radius 3 is 2.69 bits per heavy atom. The van der Waals surface area contributed by atoms with Gasteiger partial charge >= 0.3 is 0 Å². The average Bonchev–Trinajstić information content (AvgIpc) is 3.14. The standard InChI is InChI=1S/C18H22N2O4S2/c1-20(26(22,23)13-9-16-6-3-2-4-7-16)14-18(21)19-10-12-25-15-17-8-5-11-24-17/h2-9,11,13H,10,12,14-15H2,1H3,(H,19,21). The highest BCUT2D eigenvalue weighted by molar-refractivity contribution is 7.98. The monoisotopic (exact) mass is 394 g/mol. The molecule has 140 valence electrons. The van der Waals surface area contributed by atoms with Crippen molar-refractivity contribution in [3.8, 4) is 0 Å². The van der Waals surface area contributed by atoms with Crippen molar-refractivity contribution in [3.05, 3.63) is 65.5 Å². The fourth-order valence-corrected chi connectivity index (χ4v) is 3.60. The third kappa shape index (κ3) is 7.07. The number of nitrogens with one attached hydrogen (secondary N) is 1. The first kappa shape index (κ1) is 20.3. The van der Waals surface area contributed by atoms with Gasteiger partial charge in [-0.05, 0) is 23.8 Å². The Morgan fingerprint density at radius 2 is 2.00 bits per heavy atom. The predicted molar refractivity (Wildman–Crippen MR) is 105 cm³/mol. The molecule has 0 unspecified atom stereocenters. The van der Waals surface area contributed by atoms with Crippen LogP contribution in [0.15, 0.2) is 58.6 Å². The van der Waals surface area contributed by atoms with E-state index in [1.54, 1.807) is 30.2 Å². The number of thioether (sulfide) groups is 1. The van der Waals surface area contributed by atoms with Gasteiger partial charge in [0, 0.05) is 24.8 Å². The Balaban J connectivity index is 1.70. The first-order valence-corrected chi connectivity index (χ1v) is 10.7. The van der Waals surface area contributed by atoms with Crippen LogP contribution in [0.25, 0.3) is 6.08 Å². The fourth-order valence-electron chi connectivity index (χ4n) is 2.01. The number of hydrogen-bond donors (Lipinski definition) is 1. The summed E-state index contributed by atoms with van der Waals surface area (Å²) in [6, 6.07) is 12.8. The Kier molecular flexibility index (Phi) is 7.96. The average molecular weight is 395 g/mol. The van der Waals surface area contributed by atoms with E-state index in [2.05, 4.69) is 5.32 Å². The van der Waals surface area contributed by atoms with Gasteiger partial charge in [0.15, 0.2) is 0 Å². The largest absolute Gasteiger partial charge is 0.468 e. The van der Waals surface area contributed by atoms with Crippen molar-refractivity contribution in [3.63, 3.8) is 0 Å². The molecule has 8 heteroatoms. The number of carbonyl (C=O) groups excluding carboxylic acids is 1. The van der Waals surface area contributed by atoms with E-state index >= 15 is 0 Å². The Hall–Kier alpha value is -2.03. The van der Waals surface area contributed by atoms with Gasteiger partial charge < -0.3 is 9.73 Å². The topological polar surface area (TPSA) is 79.6 Å². The van der Waals surface area contributed by atoms with Gasteiger partial charge in [0.05, 0.1) is 18.6 Å². The van der Waals surface area contributed by atoms with Crippen molar-refractivity contribution in [2.45, 2.75) is 5.75 Å². The number of benzene rings is 1. The molecule has 0 atom stereocenters. The van der Waals surface area contributed by atoms with E-state index in [0.29, 0.717) is 6.54 Å². The maximum absolute atomic E-state index is 12.2. The van der Waals surface area contributed by atoms with Crippen LogP contribution in [-0.4, -0.2) is 44.5 Å². The first-order valence-electron chi connectivity index (χ1n) is 8.04. The molecule has 1 N–H and O–H groups in total. The number of nitrogens with zero attached hydrogens (tertiary/aromatic N) is 1. The molecule has 0 radical (unpaired) electrons. The van der Waals surface area contributed by atoms with Crippen molar-refractivity contribution in [1.29, 1.82) is 0 Å². The highest BCUT2D eigenvalue weighted by atomic mass is 32.2. The lowest BCUT2D eigenvalue weighted by Gasteiger charge is -2.14. The molecule has 2 rings (SSSR count). The lowest BCUT2D eigenvalue weighted by molar-refractivity contribution is -0.120. The summed E-state index contributed by atoms with van der Waals surface area (Å²) in [6.45, 7) is 0.252. The van der Waals surface area contributed by atoms with Crippen molar-refractivity contribution in [2.24, 2.45) is 0 Å². The molecule has 0 aliphatic heterocycles. The van der Waals surface area contributed by atoms with Crippen molar-refractivity contribution in [2.75, 3.05) is 25.9 Å². The molecule has 1 amide bonds. The maximum Gasteiger partial charge on any atom is 0.236 e. The third-order valence-electron chi connectivity index (χ3n) is 3.43. The summed E-state index contributed by atoms with van der Waals surface area (Å²) in [5.41, 5.74) is 0.780. The van der Waals surface area contributed by atoms with Gasteiger partial charge in [0.2, 0.25) is 15.9 Å². The van der Waals surface area contributed by atoms with Crippen LogP contribution in [-0.2, 0) is 20.6 Å². The molecule has 0 saturated carbocycles. The normalized spacial score (nSPS) is 11.9. The zero-order valence-electron chi connectivity index (χ0n) is 14.5. The quantitative estimate of drug-likeness (QED) is 0.627. The molecule has 0 spiro atoms. The number of hydrogen-bond acceptors (Lipinski definition) is 5. The molecule has 2 aromatic rings. The number of carbonyl (C=O) groups is 1. The van der Waals surface area contributed by atoms with E-state index in [9.17, 15) is 13.2 Å². The molecule has 1 aromatic carbocycles. The second kappa shape index (κ2) is 10.2. The van der Waals surface area contributed by atoms with Crippen LogP contribution in [0.1, 0.15) is 11.3 Å². The Morgan fingerprint density at radius 1 is 1.23 bits per heavy atom. The minimum atomic E-state index is -3.64. The third-order valence-corrected chi connectivity index (χ3v) is 5.89.